The van der Waals surface area contributed by atoms with Crippen molar-refractivity contribution in [3.05, 3.63) is 62.8 Å². The molecular weight excluding hydrogens is 398 g/mol. The van der Waals surface area contributed by atoms with E-state index in [0.29, 0.717) is 26.5 Å². The number of nitrogens with two attached hydrogens (primary N) is 2. The fourth-order valence-electron chi connectivity index (χ4n) is 2.88. The summed E-state index contributed by atoms with van der Waals surface area (Å²) in [5.41, 5.74) is 10.9. The Balaban J connectivity index is 1.96. The average molecular weight is 411 g/mol. The number of carbonyl (C=O) groups excluding carboxylic acids is 1. The highest BCUT2D eigenvalue weighted by Gasteiger charge is 2.21. The predicted molar refractivity (Wildman–Crippen MR) is 111 cm³/mol. The van der Waals surface area contributed by atoms with Gasteiger partial charge in [0.2, 0.25) is 0 Å². The van der Waals surface area contributed by atoms with Crippen LogP contribution in [0, 0.1) is 10.1 Å². The summed E-state index contributed by atoms with van der Waals surface area (Å²) in [7, 11) is 0. The number of amides is 1. The minimum atomic E-state index is -0.477. The topological polar surface area (TPSA) is 137 Å². The first-order chi connectivity index (χ1) is 13.5. The normalized spacial score (nSPS) is 10.9. The van der Waals surface area contributed by atoms with Gasteiger partial charge in [0.25, 0.3) is 11.6 Å². The first-order valence-corrected chi connectivity index (χ1v) is 9.72. The number of hydrogen-bond acceptors (Lipinski definition) is 8. The van der Waals surface area contributed by atoms with Crippen molar-refractivity contribution in [2.45, 2.75) is 0 Å². The van der Waals surface area contributed by atoms with Crippen LogP contribution in [0.3, 0.4) is 0 Å². The van der Waals surface area contributed by atoms with E-state index < -0.39 is 10.8 Å². The Morgan fingerprint density at radius 2 is 1.96 bits per heavy atom. The zero-order chi connectivity index (χ0) is 19.8. The summed E-state index contributed by atoms with van der Waals surface area (Å²) in [5, 5.41) is 13.5. The van der Waals surface area contributed by atoms with E-state index in [9.17, 15) is 14.9 Å². The van der Waals surface area contributed by atoms with E-state index in [0.717, 1.165) is 27.3 Å². The molecule has 0 radical (unpaired) electrons. The molecule has 0 saturated carbocycles. The van der Waals surface area contributed by atoms with Crippen LogP contribution >= 0.6 is 22.7 Å². The van der Waals surface area contributed by atoms with Gasteiger partial charge < -0.3 is 5.73 Å². The van der Waals surface area contributed by atoms with E-state index in [2.05, 4.69) is 10.4 Å². The lowest BCUT2D eigenvalue weighted by molar-refractivity contribution is -0.384. The summed E-state index contributed by atoms with van der Waals surface area (Å²) < 4.78 is 0. The van der Waals surface area contributed by atoms with Crippen LogP contribution < -0.4 is 17.0 Å². The first kappa shape index (κ1) is 18.0. The number of nitrogens with zero attached hydrogens (tertiary/aromatic N) is 2. The van der Waals surface area contributed by atoms with Gasteiger partial charge in [0.15, 0.2) is 0 Å². The summed E-state index contributed by atoms with van der Waals surface area (Å²) in [5.74, 6) is 4.79. The van der Waals surface area contributed by atoms with Gasteiger partial charge in [-0.25, -0.2) is 10.8 Å². The van der Waals surface area contributed by atoms with E-state index >= 15 is 0 Å². The van der Waals surface area contributed by atoms with Gasteiger partial charge in [-0.3, -0.25) is 20.3 Å². The second-order valence-corrected chi connectivity index (χ2v) is 7.78. The molecule has 0 bridgehead atoms. The van der Waals surface area contributed by atoms with Crippen molar-refractivity contribution in [3.63, 3.8) is 0 Å². The van der Waals surface area contributed by atoms with Gasteiger partial charge in [-0.15, -0.1) is 22.7 Å². The third kappa shape index (κ3) is 2.99. The van der Waals surface area contributed by atoms with Gasteiger partial charge in [0.1, 0.15) is 9.71 Å². The zero-order valence-electron chi connectivity index (χ0n) is 14.2. The van der Waals surface area contributed by atoms with E-state index in [1.807, 2.05) is 23.6 Å². The number of aromatic nitrogens is 1. The number of hydrazine groups is 1. The SMILES string of the molecule is NNC(=O)c1sc2nc(-c3ccc([N+](=O)[O-])cc3)cc(-c3cccs3)c2c1N. The highest BCUT2D eigenvalue weighted by molar-refractivity contribution is 7.21. The Labute approximate surface area is 166 Å². The Bertz CT molecular complexity index is 1200. The van der Waals surface area contributed by atoms with Crippen LogP contribution in [0.15, 0.2) is 47.8 Å². The molecule has 0 aliphatic rings. The van der Waals surface area contributed by atoms with Gasteiger partial charge >= 0.3 is 0 Å². The monoisotopic (exact) mass is 411 g/mol. The number of nitrogens with one attached hydrogen (secondary N) is 1. The summed E-state index contributed by atoms with van der Waals surface area (Å²) >= 11 is 2.69. The summed E-state index contributed by atoms with van der Waals surface area (Å²) in [6, 6.07) is 11.9. The predicted octanol–water partition coefficient (Wildman–Crippen LogP) is 3.79. The van der Waals surface area contributed by atoms with Gasteiger partial charge in [-0.1, -0.05) is 6.07 Å². The van der Waals surface area contributed by atoms with Gasteiger partial charge in [-0.05, 0) is 29.6 Å². The van der Waals surface area contributed by atoms with E-state index in [-0.39, 0.29) is 5.69 Å². The number of benzene rings is 1. The molecule has 28 heavy (non-hydrogen) atoms. The highest BCUT2D eigenvalue weighted by Crippen LogP contribution is 2.42. The molecule has 4 aromatic rings. The van der Waals surface area contributed by atoms with E-state index in [4.69, 9.17) is 11.6 Å². The minimum absolute atomic E-state index is 0.00517. The lowest BCUT2D eigenvalue weighted by Crippen LogP contribution is -2.29. The van der Waals surface area contributed by atoms with Gasteiger partial charge in [0, 0.05) is 33.5 Å². The van der Waals surface area contributed by atoms with Gasteiger partial charge in [0.05, 0.1) is 16.3 Å². The van der Waals surface area contributed by atoms with Crippen LogP contribution in [-0.2, 0) is 0 Å². The number of nitro benzene ring substituents is 1. The first-order valence-electron chi connectivity index (χ1n) is 8.02. The zero-order valence-corrected chi connectivity index (χ0v) is 15.8. The number of nitro groups is 1. The number of non-ortho nitro benzene ring substituents is 1. The number of anilines is 1. The molecule has 5 N–H and O–H groups in total. The standard InChI is InChI=1S/C18H13N5O3S2/c19-15-14-11(13-2-1-7-27-13)8-12(9-3-5-10(6-4-9)23(25)26)21-18(14)28-16(15)17(24)22-20/h1-8H,19-20H2,(H,22,24). The third-order valence-corrected chi connectivity index (χ3v) is 6.20. The molecule has 0 atom stereocenters. The number of hydrogen-bond donors (Lipinski definition) is 3. The molecule has 140 valence electrons. The summed E-state index contributed by atoms with van der Waals surface area (Å²) in [6.07, 6.45) is 0. The Kier molecular flexibility index (Phi) is 4.51. The fraction of sp³-hybridized carbons (Fsp3) is 0. The molecule has 1 aromatic carbocycles. The molecule has 0 fully saturated rings. The van der Waals surface area contributed by atoms with Gasteiger partial charge in [-0.2, -0.15) is 0 Å². The van der Waals surface area contributed by atoms with Crippen molar-refractivity contribution in [2.24, 2.45) is 5.84 Å². The average Bonchev–Trinajstić information content (AvgIpc) is 3.35. The fourth-order valence-corrected chi connectivity index (χ4v) is 4.65. The smallest absolute Gasteiger partial charge is 0.277 e. The van der Waals surface area contributed by atoms with Crippen molar-refractivity contribution >= 4 is 50.2 Å². The molecule has 0 aliphatic carbocycles. The second-order valence-electron chi connectivity index (χ2n) is 5.83. The van der Waals surface area contributed by atoms with Crippen LogP contribution in [0.25, 0.3) is 31.9 Å². The van der Waals surface area contributed by atoms with Crippen LogP contribution in [-0.4, -0.2) is 15.8 Å². The lowest BCUT2D eigenvalue weighted by atomic mass is 10.0. The molecule has 3 heterocycles. The second kappa shape index (κ2) is 7.00. The Hall–Kier alpha value is -3.34. The number of rotatable bonds is 4. The molecule has 3 aromatic heterocycles. The maximum Gasteiger partial charge on any atom is 0.277 e. The molecule has 1 amide bonds. The highest BCUT2D eigenvalue weighted by atomic mass is 32.1. The molecule has 0 spiro atoms. The molecule has 8 nitrogen and oxygen atoms in total. The number of thiophene rings is 2. The Morgan fingerprint density at radius 3 is 2.57 bits per heavy atom. The molecule has 0 saturated heterocycles. The largest absolute Gasteiger partial charge is 0.397 e. The number of pyridine rings is 1. The number of fused-ring (bicyclic) bond motifs is 1. The van der Waals surface area contributed by atoms with E-state index in [1.165, 1.54) is 23.5 Å². The van der Waals surface area contributed by atoms with E-state index in [1.54, 1.807) is 12.1 Å². The van der Waals surface area contributed by atoms with Crippen molar-refractivity contribution in [1.29, 1.82) is 0 Å². The maximum absolute atomic E-state index is 12.1. The molecule has 10 heteroatoms. The Morgan fingerprint density at radius 1 is 1.21 bits per heavy atom. The van der Waals surface area contributed by atoms with Crippen molar-refractivity contribution in [1.82, 2.24) is 10.4 Å². The quantitative estimate of drug-likeness (QED) is 0.202. The molecular formula is C18H13N5O3S2. The van der Waals surface area contributed by atoms with Crippen LogP contribution in [0.4, 0.5) is 11.4 Å². The van der Waals surface area contributed by atoms with Crippen LogP contribution in [0.1, 0.15) is 9.67 Å². The van der Waals surface area contributed by atoms with Crippen LogP contribution in [0.2, 0.25) is 0 Å². The molecule has 4 rings (SSSR count). The molecule has 0 unspecified atom stereocenters. The summed E-state index contributed by atoms with van der Waals surface area (Å²) in [4.78, 5) is 29.0. The van der Waals surface area contributed by atoms with Crippen LogP contribution in [0.5, 0.6) is 0 Å². The van der Waals surface area contributed by atoms with Crippen molar-refractivity contribution < 1.29 is 9.72 Å². The maximum atomic E-state index is 12.1. The summed E-state index contributed by atoms with van der Waals surface area (Å²) in [6.45, 7) is 0. The van der Waals surface area contributed by atoms with Crippen molar-refractivity contribution in [3.8, 4) is 21.7 Å². The molecule has 0 aliphatic heterocycles. The third-order valence-electron chi connectivity index (χ3n) is 4.20. The van der Waals surface area contributed by atoms with Crippen molar-refractivity contribution in [2.75, 3.05) is 5.73 Å². The number of carbonyl (C=O) groups is 1. The number of nitrogen functional groups attached to an aromatic ring is 2. The lowest BCUT2D eigenvalue weighted by Gasteiger charge is -2.07. The minimum Gasteiger partial charge on any atom is -0.397 e.